The summed E-state index contributed by atoms with van der Waals surface area (Å²) in [6.07, 6.45) is 5.60. The van der Waals surface area contributed by atoms with Crippen LogP contribution in [-0.4, -0.2) is 38.7 Å². The molecular weight excluding hydrogens is 553 g/mol. The molecule has 0 saturated heterocycles. The van der Waals surface area contributed by atoms with Crippen LogP contribution in [0.4, 0.5) is 0 Å². The molecule has 0 aliphatic heterocycles. The summed E-state index contributed by atoms with van der Waals surface area (Å²) >= 11 is 13.2. The monoisotopic (exact) mass is 587 g/mol. The van der Waals surface area contributed by atoms with E-state index in [4.69, 9.17) is 46.7 Å². The van der Waals surface area contributed by atoms with E-state index in [2.05, 4.69) is 30.3 Å². The number of hydrogen-bond donors (Lipinski definition) is 1. The van der Waals surface area contributed by atoms with Gasteiger partial charge in [0.15, 0.2) is 23.0 Å². The van der Waals surface area contributed by atoms with Gasteiger partial charge in [0.2, 0.25) is 0 Å². The van der Waals surface area contributed by atoms with Gasteiger partial charge in [0, 0.05) is 11.5 Å². The summed E-state index contributed by atoms with van der Waals surface area (Å²) < 4.78 is 28.1. The maximum absolute atomic E-state index is 12.4. The molecule has 0 amide bonds. The maximum Gasteiger partial charge on any atom is 0.169 e. The van der Waals surface area contributed by atoms with Crippen LogP contribution in [0.25, 0.3) is 11.3 Å². The molecule has 3 aliphatic rings. The lowest BCUT2D eigenvalue weighted by Gasteiger charge is -2.52. The average molecular weight is 589 g/mol. The second-order valence-electron chi connectivity index (χ2n) is 11.5. The quantitative estimate of drug-likeness (QED) is 0.321. The standard InChI is InChI=1S/C31H35Cl2NO6/c1-30-12-10-19-18-9-7-17(36-2)14-16(18)6-8-20(19)21(30)11-13-31(30,35)23-15-22(34-40-23)24-27(37-3)25(32)29(39-5)26(33)28(24)38-4/h7,9,14-15,19-21,35H,6,8,10-13H2,1-5H3/t19-,20-,21+,30+,31-/m1/s1. The Balaban J connectivity index is 1.36. The Labute approximate surface area is 244 Å². The lowest BCUT2D eigenvalue weighted by molar-refractivity contribution is -0.122. The first-order valence-corrected chi connectivity index (χ1v) is 14.5. The van der Waals surface area contributed by atoms with Gasteiger partial charge >= 0.3 is 0 Å². The molecule has 214 valence electrons. The second-order valence-corrected chi connectivity index (χ2v) is 12.3. The number of ether oxygens (including phenoxy) is 4. The van der Waals surface area contributed by atoms with Gasteiger partial charge in [0.05, 0.1) is 34.0 Å². The number of aryl methyl sites for hydroxylation is 1. The first-order valence-electron chi connectivity index (χ1n) is 13.8. The minimum atomic E-state index is -1.16. The van der Waals surface area contributed by atoms with Gasteiger partial charge in [-0.3, -0.25) is 0 Å². The first kappa shape index (κ1) is 27.6. The van der Waals surface area contributed by atoms with Crippen molar-refractivity contribution in [2.24, 2.45) is 17.3 Å². The van der Waals surface area contributed by atoms with Crippen molar-refractivity contribution in [3.8, 4) is 34.3 Å². The lowest BCUT2D eigenvalue weighted by Crippen LogP contribution is -2.49. The molecule has 0 bridgehead atoms. The van der Waals surface area contributed by atoms with Gasteiger partial charge < -0.3 is 28.6 Å². The maximum atomic E-state index is 12.4. The van der Waals surface area contributed by atoms with Gasteiger partial charge in [-0.15, -0.1) is 0 Å². The van der Waals surface area contributed by atoms with Crippen LogP contribution in [0, 0.1) is 17.3 Å². The normalized spacial score (nSPS) is 28.9. The zero-order chi connectivity index (χ0) is 28.4. The number of methoxy groups -OCH3 is 4. The number of hydrogen-bond acceptors (Lipinski definition) is 7. The van der Waals surface area contributed by atoms with Gasteiger partial charge in [-0.05, 0) is 79.5 Å². The van der Waals surface area contributed by atoms with Crippen LogP contribution in [-0.2, 0) is 12.0 Å². The largest absolute Gasteiger partial charge is 0.497 e. The highest BCUT2D eigenvalue weighted by Gasteiger charge is 2.63. The van der Waals surface area contributed by atoms with E-state index >= 15 is 0 Å². The molecule has 9 heteroatoms. The summed E-state index contributed by atoms with van der Waals surface area (Å²) in [5, 5.41) is 17.2. The van der Waals surface area contributed by atoms with Gasteiger partial charge in [-0.2, -0.15) is 0 Å². The Hall–Kier alpha value is -2.61. The number of nitrogens with zero attached hydrogens (tertiary/aromatic N) is 1. The van der Waals surface area contributed by atoms with Crippen molar-refractivity contribution in [1.82, 2.24) is 5.16 Å². The van der Waals surface area contributed by atoms with Crippen LogP contribution in [0.15, 0.2) is 28.8 Å². The van der Waals surface area contributed by atoms with Crippen LogP contribution in [0.2, 0.25) is 10.0 Å². The SMILES string of the molecule is COc1ccc2c(c1)CC[C@@H]1[C@@H]2CC[C@@]2(C)[C@H]1CC[C@@]2(O)c1cc(-c2c(OC)c(Cl)c(OC)c(Cl)c2OC)no1. The summed E-state index contributed by atoms with van der Waals surface area (Å²) in [5.74, 6) is 3.60. The fraction of sp³-hybridized carbons (Fsp3) is 0.516. The molecule has 2 saturated carbocycles. The zero-order valence-corrected chi connectivity index (χ0v) is 25.0. The molecule has 3 aromatic rings. The molecule has 2 aromatic carbocycles. The predicted octanol–water partition coefficient (Wildman–Crippen LogP) is 7.43. The highest BCUT2D eigenvalue weighted by atomic mass is 35.5. The smallest absolute Gasteiger partial charge is 0.169 e. The van der Waals surface area contributed by atoms with E-state index in [-0.39, 0.29) is 21.2 Å². The molecule has 1 heterocycles. The van der Waals surface area contributed by atoms with Crippen molar-refractivity contribution in [1.29, 1.82) is 0 Å². The molecule has 1 N–H and O–H groups in total. The summed E-state index contributed by atoms with van der Waals surface area (Å²) in [6, 6.07) is 8.31. The predicted molar refractivity (Wildman–Crippen MR) is 153 cm³/mol. The first-order chi connectivity index (χ1) is 19.2. The molecule has 7 nitrogen and oxygen atoms in total. The van der Waals surface area contributed by atoms with Crippen molar-refractivity contribution in [3.63, 3.8) is 0 Å². The Morgan fingerprint density at radius 2 is 1.60 bits per heavy atom. The third-order valence-corrected chi connectivity index (χ3v) is 10.8. The van der Waals surface area contributed by atoms with Crippen molar-refractivity contribution in [2.75, 3.05) is 28.4 Å². The van der Waals surface area contributed by atoms with Crippen molar-refractivity contribution in [3.05, 3.63) is 51.2 Å². The summed E-state index contributed by atoms with van der Waals surface area (Å²) in [5.41, 5.74) is 2.21. The molecule has 0 spiro atoms. The van der Waals surface area contributed by atoms with E-state index in [0.29, 0.717) is 52.7 Å². The van der Waals surface area contributed by atoms with E-state index in [0.717, 1.165) is 37.9 Å². The summed E-state index contributed by atoms with van der Waals surface area (Å²) in [6.45, 7) is 2.23. The van der Waals surface area contributed by atoms with E-state index in [1.165, 1.54) is 32.5 Å². The molecule has 6 rings (SSSR count). The fourth-order valence-electron chi connectivity index (χ4n) is 8.11. The van der Waals surface area contributed by atoms with E-state index in [1.54, 1.807) is 13.2 Å². The minimum absolute atomic E-state index is 0.204. The molecule has 1 aromatic heterocycles. The van der Waals surface area contributed by atoms with Crippen LogP contribution in [0.5, 0.6) is 23.0 Å². The summed E-state index contributed by atoms with van der Waals surface area (Å²) in [7, 11) is 6.21. The topological polar surface area (TPSA) is 83.2 Å². The van der Waals surface area contributed by atoms with Crippen LogP contribution in [0.1, 0.15) is 61.8 Å². The Bertz CT molecular complexity index is 1420. The van der Waals surface area contributed by atoms with E-state index in [1.807, 2.05) is 0 Å². The van der Waals surface area contributed by atoms with Gasteiger partial charge in [-0.1, -0.05) is 41.3 Å². The number of rotatable bonds is 6. The number of fused-ring (bicyclic) bond motifs is 5. The number of aliphatic hydroxyl groups is 1. The second kappa shape index (κ2) is 10.0. The summed E-state index contributed by atoms with van der Waals surface area (Å²) in [4.78, 5) is 0. The molecule has 5 atom stereocenters. The third-order valence-electron chi connectivity index (χ3n) is 10.1. The van der Waals surface area contributed by atoms with Crippen molar-refractivity contribution < 1.29 is 28.6 Å². The minimum Gasteiger partial charge on any atom is -0.497 e. The zero-order valence-electron chi connectivity index (χ0n) is 23.5. The molecule has 3 aliphatic carbocycles. The molecule has 2 fully saturated rings. The fourth-order valence-corrected chi connectivity index (χ4v) is 8.85. The van der Waals surface area contributed by atoms with Gasteiger partial charge in [0.25, 0.3) is 0 Å². The van der Waals surface area contributed by atoms with Gasteiger partial charge in [0.1, 0.15) is 27.1 Å². The number of benzene rings is 2. The Kier molecular flexibility index (Phi) is 6.91. The van der Waals surface area contributed by atoms with E-state index < -0.39 is 5.60 Å². The van der Waals surface area contributed by atoms with E-state index in [9.17, 15) is 5.11 Å². The van der Waals surface area contributed by atoms with Crippen LogP contribution in [0.3, 0.4) is 0 Å². The lowest BCUT2D eigenvalue weighted by atomic mass is 9.53. The third kappa shape index (κ3) is 3.77. The molecule has 0 radical (unpaired) electrons. The van der Waals surface area contributed by atoms with Crippen molar-refractivity contribution in [2.45, 2.75) is 57.0 Å². The van der Waals surface area contributed by atoms with Crippen LogP contribution < -0.4 is 18.9 Å². The number of halogens is 2. The average Bonchev–Trinajstić information content (AvgIpc) is 3.56. The molecular formula is C31H35Cl2NO6. The van der Waals surface area contributed by atoms with Crippen molar-refractivity contribution >= 4 is 23.2 Å². The Morgan fingerprint density at radius 3 is 2.25 bits per heavy atom. The highest BCUT2D eigenvalue weighted by Crippen LogP contribution is 2.67. The number of aromatic nitrogens is 1. The van der Waals surface area contributed by atoms with Gasteiger partial charge in [-0.25, -0.2) is 0 Å². The highest BCUT2D eigenvalue weighted by molar-refractivity contribution is 6.40. The Morgan fingerprint density at radius 1 is 0.900 bits per heavy atom. The molecule has 40 heavy (non-hydrogen) atoms. The van der Waals surface area contributed by atoms with Crippen LogP contribution >= 0.6 is 23.2 Å². The molecule has 0 unspecified atom stereocenters.